The number of halogens is 1. The van der Waals surface area contributed by atoms with Crippen molar-refractivity contribution in [3.63, 3.8) is 0 Å². The Hall–Kier alpha value is -0.560. The predicted octanol–water partition coefficient (Wildman–Crippen LogP) is 1.48. The molecule has 0 aliphatic carbocycles. The molecule has 5 nitrogen and oxygen atoms in total. The second-order valence-electron chi connectivity index (χ2n) is 4.37. The highest BCUT2D eigenvalue weighted by atomic mass is 35.5. The van der Waals surface area contributed by atoms with Crippen molar-refractivity contribution >= 4 is 21.6 Å². The van der Waals surface area contributed by atoms with E-state index in [0.29, 0.717) is 18.8 Å². The zero-order chi connectivity index (χ0) is 13.8. The summed E-state index contributed by atoms with van der Waals surface area (Å²) in [5, 5.41) is -0.417. The van der Waals surface area contributed by atoms with Gasteiger partial charge in [-0.25, -0.2) is 8.42 Å². The summed E-state index contributed by atoms with van der Waals surface area (Å²) < 4.78 is 30.5. The molecule has 0 fully saturated rings. The molecule has 1 aromatic rings. The molecule has 1 heterocycles. The van der Waals surface area contributed by atoms with Gasteiger partial charge in [0.2, 0.25) is 10.0 Å². The molecule has 1 rings (SSSR count). The van der Waals surface area contributed by atoms with Crippen molar-refractivity contribution in [3.8, 4) is 0 Å². The molecule has 0 amide bonds. The summed E-state index contributed by atoms with van der Waals surface area (Å²) >= 11 is 5.50. The molecule has 0 aliphatic heterocycles. The molecule has 1 aromatic heterocycles. The molecule has 18 heavy (non-hydrogen) atoms. The van der Waals surface area contributed by atoms with E-state index >= 15 is 0 Å². The number of sulfonamides is 1. The molecule has 0 saturated carbocycles. The summed E-state index contributed by atoms with van der Waals surface area (Å²) in [6, 6.07) is 3.59. The van der Waals surface area contributed by atoms with Crippen LogP contribution in [0.15, 0.2) is 16.5 Å². The molecular weight excluding hydrogens is 276 g/mol. The Bertz CT molecular complexity index is 470. The van der Waals surface area contributed by atoms with E-state index in [2.05, 4.69) is 0 Å². The van der Waals surface area contributed by atoms with Gasteiger partial charge in [0, 0.05) is 13.1 Å². The highest BCUT2D eigenvalue weighted by Crippen LogP contribution is 2.13. The van der Waals surface area contributed by atoms with Crippen LogP contribution in [-0.4, -0.2) is 50.0 Å². The van der Waals surface area contributed by atoms with E-state index in [9.17, 15) is 8.42 Å². The van der Waals surface area contributed by atoms with E-state index in [0.717, 1.165) is 5.76 Å². The van der Waals surface area contributed by atoms with E-state index in [1.54, 1.807) is 6.07 Å². The second-order valence-corrected chi connectivity index (χ2v) is 6.92. The van der Waals surface area contributed by atoms with Crippen LogP contribution in [0, 0.1) is 6.92 Å². The average Bonchev–Trinajstić information content (AvgIpc) is 2.69. The van der Waals surface area contributed by atoms with Gasteiger partial charge in [0.25, 0.3) is 0 Å². The molecular formula is C11H19ClN2O3S. The fourth-order valence-electron chi connectivity index (χ4n) is 1.44. The standard InChI is InChI=1S/C11H19ClN2O3S/c1-10-4-5-11(17-10)8-14(7-6-13(2)3)18(15,16)9-12/h4-5H,6-9H2,1-3H3. The Kier molecular flexibility index (Phi) is 5.65. The van der Waals surface area contributed by atoms with Crippen LogP contribution >= 0.6 is 11.6 Å². The summed E-state index contributed by atoms with van der Waals surface area (Å²) in [4.78, 5) is 1.92. The predicted molar refractivity (Wildman–Crippen MR) is 72.0 cm³/mol. The number of hydrogen-bond donors (Lipinski definition) is 0. The maximum Gasteiger partial charge on any atom is 0.228 e. The van der Waals surface area contributed by atoms with Crippen LogP contribution in [0.5, 0.6) is 0 Å². The van der Waals surface area contributed by atoms with Gasteiger partial charge in [-0.15, -0.1) is 11.6 Å². The summed E-state index contributed by atoms with van der Waals surface area (Å²) in [5.74, 6) is 1.39. The van der Waals surface area contributed by atoms with E-state index in [4.69, 9.17) is 16.0 Å². The first-order valence-corrected chi connectivity index (χ1v) is 7.73. The first-order chi connectivity index (χ1) is 8.35. The lowest BCUT2D eigenvalue weighted by molar-refractivity contribution is 0.311. The van der Waals surface area contributed by atoms with E-state index in [-0.39, 0.29) is 6.54 Å². The lowest BCUT2D eigenvalue weighted by Gasteiger charge is -2.21. The molecule has 0 spiro atoms. The van der Waals surface area contributed by atoms with Gasteiger partial charge in [0.15, 0.2) is 0 Å². The fourth-order valence-corrected chi connectivity index (χ4v) is 2.68. The van der Waals surface area contributed by atoms with Crippen LogP contribution < -0.4 is 0 Å². The van der Waals surface area contributed by atoms with Gasteiger partial charge in [0.1, 0.15) is 16.7 Å². The summed E-state index contributed by atoms with van der Waals surface area (Å²) in [7, 11) is 0.350. The first-order valence-electron chi connectivity index (χ1n) is 5.59. The number of hydrogen-bond acceptors (Lipinski definition) is 4. The minimum atomic E-state index is -3.43. The Balaban J connectivity index is 2.77. The van der Waals surface area contributed by atoms with Crippen molar-refractivity contribution in [1.29, 1.82) is 0 Å². The van der Waals surface area contributed by atoms with Crippen LogP contribution in [0.1, 0.15) is 11.5 Å². The largest absolute Gasteiger partial charge is 0.465 e. The third-order valence-corrected chi connectivity index (χ3v) is 4.66. The van der Waals surface area contributed by atoms with Gasteiger partial charge >= 0.3 is 0 Å². The molecule has 0 saturated heterocycles. The maximum absolute atomic E-state index is 11.9. The Morgan fingerprint density at radius 1 is 1.28 bits per heavy atom. The van der Waals surface area contributed by atoms with Gasteiger partial charge in [-0.1, -0.05) is 0 Å². The van der Waals surface area contributed by atoms with E-state index in [1.165, 1.54) is 4.31 Å². The quantitative estimate of drug-likeness (QED) is 0.715. The van der Waals surface area contributed by atoms with Crippen molar-refractivity contribution in [2.75, 3.05) is 32.4 Å². The van der Waals surface area contributed by atoms with Gasteiger partial charge < -0.3 is 9.32 Å². The Labute approximate surface area is 113 Å². The van der Waals surface area contributed by atoms with E-state index < -0.39 is 15.2 Å². The topological polar surface area (TPSA) is 53.8 Å². The highest BCUT2D eigenvalue weighted by molar-refractivity contribution is 7.90. The average molecular weight is 295 g/mol. The van der Waals surface area contributed by atoms with Crippen molar-refractivity contribution < 1.29 is 12.8 Å². The molecule has 0 bridgehead atoms. The first kappa shape index (κ1) is 15.5. The molecule has 0 radical (unpaired) electrons. The van der Waals surface area contributed by atoms with Gasteiger partial charge in [0.05, 0.1) is 6.54 Å². The summed E-state index contributed by atoms with van der Waals surface area (Å²) in [6.07, 6.45) is 0. The number of rotatable bonds is 7. The van der Waals surface area contributed by atoms with Crippen LogP contribution in [0.3, 0.4) is 0 Å². The number of aryl methyl sites for hydroxylation is 1. The van der Waals surface area contributed by atoms with Crippen molar-refractivity contribution in [1.82, 2.24) is 9.21 Å². The minimum Gasteiger partial charge on any atom is -0.465 e. The van der Waals surface area contributed by atoms with Crippen LogP contribution in [-0.2, 0) is 16.6 Å². The van der Waals surface area contributed by atoms with Crippen LogP contribution in [0.25, 0.3) is 0 Å². The summed E-state index contributed by atoms with van der Waals surface area (Å²) in [5.41, 5.74) is 0. The van der Waals surface area contributed by atoms with E-state index in [1.807, 2.05) is 32.0 Å². The number of likely N-dealkylation sites (N-methyl/N-ethyl adjacent to an activating group) is 1. The lowest BCUT2D eigenvalue weighted by atomic mass is 10.4. The third kappa shape index (κ3) is 4.61. The minimum absolute atomic E-state index is 0.219. The molecule has 104 valence electrons. The molecule has 0 aromatic carbocycles. The smallest absolute Gasteiger partial charge is 0.228 e. The zero-order valence-corrected chi connectivity index (χ0v) is 12.5. The van der Waals surface area contributed by atoms with Crippen molar-refractivity contribution in [3.05, 3.63) is 23.7 Å². The fraction of sp³-hybridized carbons (Fsp3) is 0.636. The number of alkyl halides is 1. The van der Waals surface area contributed by atoms with Crippen molar-refractivity contribution in [2.45, 2.75) is 13.5 Å². The zero-order valence-electron chi connectivity index (χ0n) is 10.9. The van der Waals surface area contributed by atoms with Gasteiger partial charge in [-0.2, -0.15) is 4.31 Å². The summed E-state index contributed by atoms with van der Waals surface area (Å²) in [6.45, 7) is 3.07. The molecule has 0 N–H and O–H groups in total. The number of furan rings is 1. The maximum atomic E-state index is 11.9. The van der Waals surface area contributed by atoms with Crippen LogP contribution in [0.4, 0.5) is 0 Å². The lowest BCUT2D eigenvalue weighted by Crippen LogP contribution is -2.36. The molecule has 0 aliphatic rings. The molecule has 7 heteroatoms. The SMILES string of the molecule is Cc1ccc(CN(CCN(C)C)S(=O)(=O)CCl)o1. The highest BCUT2D eigenvalue weighted by Gasteiger charge is 2.22. The van der Waals surface area contributed by atoms with Crippen molar-refractivity contribution in [2.24, 2.45) is 0 Å². The number of nitrogens with zero attached hydrogens (tertiary/aromatic N) is 2. The van der Waals surface area contributed by atoms with Gasteiger partial charge in [-0.3, -0.25) is 0 Å². The van der Waals surface area contributed by atoms with Crippen LogP contribution in [0.2, 0.25) is 0 Å². The Morgan fingerprint density at radius 3 is 2.39 bits per heavy atom. The molecule has 0 atom stereocenters. The van der Waals surface area contributed by atoms with Gasteiger partial charge in [-0.05, 0) is 33.2 Å². The normalized spacial score (nSPS) is 12.6. The Morgan fingerprint density at radius 2 is 1.94 bits per heavy atom. The monoisotopic (exact) mass is 294 g/mol. The molecule has 0 unspecified atom stereocenters. The third-order valence-electron chi connectivity index (χ3n) is 2.46. The second kappa shape index (κ2) is 6.56.